The van der Waals surface area contributed by atoms with Crippen LogP contribution in [0.3, 0.4) is 0 Å². The van der Waals surface area contributed by atoms with Crippen molar-refractivity contribution in [1.82, 2.24) is 15.2 Å². The third-order valence-electron chi connectivity index (χ3n) is 4.96. The number of nitrogens with one attached hydrogen (secondary N) is 2. The molecule has 2 N–H and O–H groups in total. The molecule has 0 aliphatic carbocycles. The largest absolute Gasteiger partial charge is 0.368 e. The van der Waals surface area contributed by atoms with Crippen LogP contribution < -0.4 is 21.1 Å². The Hall–Kier alpha value is -2.28. The average molecular weight is 446 g/mol. The molecule has 1 aromatic heterocycles. The van der Waals surface area contributed by atoms with Crippen LogP contribution in [0.15, 0.2) is 62.9 Å². The van der Waals surface area contributed by atoms with Gasteiger partial charge in [-0.15, -0.1) is 0 Å². The maximum Gasteiger partial charge on any atom is 0.250 e. The van der Waals surface area contributed by atoms with Crippen molar-refractivity contribution in [3.63, 3.8) is 0 Å². The van der Waals surface area contributed by atoms with E-state index in [9.17, 15) is 4.79 Å². The summed E-state index contributed by atoms with van der Waals surface area (Å²) in [5.41, 5.74) is 1.30. The van der Waals surface area contributed by atoms with E-state index in [1.807, 2.05) is 18.3 Å². The Labute approximate surface area is 174 Å². The molecule has 2 aromatic rings. The van der Waals surface area contributed by atoms with Crippen molar-refractivity contribution in [2.24, 2.45) is 4.99 Å². The molecule has 0 amide bonds. The Morgan fingerprint density at radius 2 is 2.04 bits per heavy atom. The summed E-state index contributed by atoms with van der Waals surface area (Å²) in [6, 6.07) is 14.0. The molecule has 0 bridgehead atoms. The van der Waals surface area contributed by atoms with Crippen LogP contribution in [0.25, 0.3) is 0 Å². The van der Waals surface area contributed by atoms with Gasteiger partial charge in [0.2, 0.25) is 5.56 Å². The summed E-state index contributed by atoms with van der Waals surface area (Å²) in [4.78, 5) is 18.4. The van der Waals surface area contributed by atoms with Crippen LogP contribution >= 0.6 is 15.9 Å². The van der Waals surface area contributed by atoms with E-state index in [0.29, 0.717) is 6.04 Å². The van der Waals surface area contributed by atoms with E-state index in [2.05, 4.69) is 54.7 Å². The molecular weight excluding hydrogens is 418 g/mol. The van der Waals surface area contributed by atoms with Crippen molar-refractivity contribution >= 4 is 27.6 Å². The molecule has 0 saturated carbocycles. The fourth-order valence-corrected chi connectivity index (χ4v) is 3.99. The number of hydrogen-bond acceptors (Lipinski definition) is 3. The lowest BCUT2D eigenvalue weighted by Crippen LogP contribution is -2.44. The van der Waals surface area contributed by atoms with Gasteiger partial charge in [0.25, 0.3) is 0 Å². The predicted octanol–water partition coefficient (Wildman–Crippen LogP) is 2.83. The summed E-state index contributed by atoms with van der Waals surface area (Å²) in [5.74, 6) is 0.843. The second kappa shape index (κ2) is 10.3. The van der Waals surface area contributed by atoms with Crippen molar-refractivity contribution in [2.45, 2.75) is 31.8 Å². The Morgan fingerprint density at radius 3 is 2.82 bits per heavy atom. The van der Waals surface area contributed by atoms with E-state index in [-0.39, 0.29) is 5.56 Å². The molecule has 28 heavy (non-hydrogen) atoms. The number of pyridine rings is 1. The van der Waals surface area contributed by atoms with Crippen molar-refractivity contribution in [3.05, 3.63) is 63.5 Å². The minimum absolute atomic E-state index is 0.0591. The molecule has 1 atom stereocenters. The quantitative estimate of drug-likeness (QED) is 0.390. The molecule has 0 radical (unpaired) electrons. The Morgan fingerprint density at radius 1 is 1.21 bits per heavy atom. The summed E-state index contributed by atoms with van der Waals surface area (Å²) >= 11 is 3.64. The Kier molecular flexibility index (Phi) is 7.54. The summed E-state index contributed by atoms with van der Waals surface area (Å²) in [6.07, 6.45) is 4.86. The van der Waals surface area contributed by atoms with Crippen molar-refractivity contribution in [1.29, 1.82) is 0 Å². The van der Waals surface area contributed by atoms with Gasteiger partial charge in [-0.3, -0.25) is 9.79 Å². The number of aliphatic imine (C=N–C) groups is 1. The predicted molar refractivity (Wildman–Crippen MR) is 119 cm³/mol. The number of para-hydroxylation sites is 1. The van der Waals surface area contributed by atoms with Gasteiger partial charge in [0.15, 0.2) is 5.96 Å². The fourth-order valence-electron chi connectivity index (χ4n) is 3.45. The molecule has 0 spiro atoms. The first-order chi connectivity index (χ1) is 13.7. The smallest absolute Gasteiger partial charge is 0.250 e. The number of anilines is 1. The van der Waals surface area contributed by atoms with Crippen LogP contribution in [0.5, 0.6) is 0 Å². The lowest BCUT2D eigenvalue weighted by molar-refractivity contribution is 0.580. The summed E-state index contributed by atoms with van der Waals surface area (Å²) < 4.78 is 2.89. The number of guanidine groups is 1. The zero-order chi connectivity index (χ0) is 19.8. The highest BCUT2D eigenvalue weighted by Crippen LogP contribution is 2.28. The van der Waals surface area contributed by atoms with Gasteiger partial charge in [-0.05, 0) is 53.4 Å². The molecule has 1 unspecified atom stereocenters. The van der Waals surface area contributed by atoms with Gasteiger partial charge in [0.05, 0.1) is 5.69 Å². The highest BCUT2D eigenvalue weighted by Gasteiger charge is 2.24. The van der Waals surface area contributed by atoms with Gasteiger partial charge in [0, 0.05) is 56.0 Å². The van der Waals surface area contributed by atoms with Gasteiger partial charge in [-0.25, -0.2) is 0 Å². The molecule has 150 valence electrons. The first-order valence-corrected chi connectivity index (χ1v) is 10.6. The van der Waals surface area contributed by atoms with E-state index < -0.39 is 0 Å². The van der Waals surface area contributed by atoms with E-state index in [4.69, 9.17) is 0 Å². The van der Waals surface area contributed by atoms with Crippen LogP contribution in [0.4, 0.5) is 5.69 Å². The number of aromatic nitrogens is 1. The van der Waals surface area contributed by atoms with E-state index in [0.717, 1.165) is 55.9 Å². The van der Waals surface area contributed by atoms with Crippen molar-refractivity contribution < 1.29 is 0 Å². The van der Waals surface area contributed by atoms with Crippen LogP contribution in [0.1, 0.15) is 19.3 Å². The minimum atomic E-state index is 0.0591. The van der Waals surface area contributed by atoms with Gasteiger partial charge in [-0.2, -0.15) is 0 Å². The van der Waals surface area contributed by atoms with Crippen LogP contribution in [-0.2, 0) is 6.54 Å². The average Bonchev–Trinajstić information content (AvgIpc) is 3.16. The first kappa shape index (κ1) is 20.5. The van der Waals surface area contributed by atoms with E-state index in [1.54, 1.807) is 23.7 Å². The zero-order valence-electron chi connectivity index (χ0n) is 16.3. The van der Waals surface area contributed by atoms with Gasteiger partial charge in [-0.1, -0.05) is 18.2 Å². The summed E-state index contributed by atoms with van der Waals surface area (Å²) in [7, 11) is 1.80. The normalized spacial score (nSPS) is 17.0. The molecule has 1 aliphatic heterocycles. The molecule has 3 rings (SSSR count). The lowest BCUT2D eigenvalue weighted by atomic mass is 10.2. The third kappa shape index (κ3) is 5.61. The van der Waals surface area contributed by atoms with Gasteiger partial charge < -0.3 is 20.1 Å². The van der Waals surface area contributed by atoms with E-state index >= 15 is 0 Å². The number of rotatable bonds is 7. The van der Waals surface area contributed by atoms with Crippen molar-refractivity contribution in [2.75, 3.05) is 31.6 Å². The SMILES string of the molecule is CN=C(NCCCCn1ccccc1=O)NC1CCN(c2ccccc2Br)C1. The maximum absolute atomic E-state index is 11.7. The van der Waals surface area contributed by atoms with Crippen LogP contribution in [-0.4, -0.2) is 43.3 Å². The van der Waals surface area contributed by atoms with Gasteiger partial charge >= 0.3 is 0 Å². The number of aryl methyl sites for hydroxylation is 1. The molecule has 1 fully saturated rings. The van der Waals surface area contributed by atoms with Gasteiger partial charge in [0.1, 0.15) is 0 Å². The highest BCUT2D eigenvalue weighted by molar-refractivity contribution is 9.10. The molecule has 1 aliphatic rings. The lowest BCUT2D eigenvalue weighted by Gasteiger charge is -2.21. The fraction of sp³-hybridized carbons (Fsp3) is 0.429. The number of unbranched alkanes of at least 4 members (excludes halogenated alkanes) is 1. The second-order valence-corrected chi connectivity index (χ2v) is 7.82. The molecule has 1 saturated heterocycles. The Balaban J connectivity index is 1.39. The summed E-state index contributed by atoms with van der Waals surface area (Å²) in [6.45, 7) is 3.57. The highest BCUT2D eigenvalue weighted by atomic mass is 79.9. The molecule has 2 heterocycles. The summed E-state index contributed by atoms with van der Waals surface area (Å²) in [5, 5.41) is 6.92. The zero-order valence-corrected chi connectivity index (χ0v) is 17.9. The molecular formula is C21H28BrN5O. The topological polar surface area (TPSA) is 61.7 Å². The third-order valence-corrected chi connectivity index (χ3v) is 5.63. The van der Waals surface area contributed by atoms with Crippen LogP contribution in [0.2, 0.25) is 0 Å². The second-order valence-electron chi connectivity index (χ2n) is 6.97. The monoisotopic (exact) mass is 445 g/mol. The number of nitrogens with zero attached hydrogens (tertiary/aromatic N) is 3. The minimum Gasteiger partial charge on any atom is -0.368 e. The van der Waals surface area contributed by atoms with Crippen LogP contribution in [0, 0.1) is 0 Å². The number of halogens is 1. The number of hydrogen-bond donors (Lipinski definition) is 2. The standard InChI is InChI=1S/C21H28BrN5O/c1-23-21(24-12-5-7-14-26-13-6-4-10-20(26)28)25-17-11-15-27(16-17)19-9-3-2-8-18(19)22/h2-4,6,8-10,13,17H,5,7,11-12,14-16H2,1H3,(H2,23,24,25). The number of benzene rings is 1. The molecule has 6 nitrogen and oxygen atoms in total. The molecule has 7 heteroatoms. The molecule has 1 aromatic carbocycles. The first-order valence-electron chi connectivity index (χ1n) is 9.79. The van der Waals surface area contributed by atoms with E-state index in [1.165, 1.54) is 5.69 Å². The Bertz CT molecular complexity index is 850. The van der Waals surface area contributed by atoms with Crippen molar-refractivity contribution in [3.8, 4) is 0 Å². The maximum atomic E-state index is 11.7.